The fourth-order valence-electron chi connectivity index (χ4n) is 2.86. The molecule has 0 bridgehead atoms. The van der Waals surface area contributed by atoms with Gasteiger partial charge in [0.1, 0.15) is 5.54 Å². The van der Waals surface area contributed by atoms with Crippen LogP contribution in [0.3, 0.4) is 0 Å². The molecule has 0 saturated carbocycles. The Labute approximate surface area is 132 Å². The normalized spacial score (nSPS) is 19.8. The standard InChI is InChI=1S/C16H24ClN3O/c1-11(18-4)13-7-6-12(10-14(13)17)20-9-8-19(5)15(21)16(20,2)3/h6-7,10-11,18H,8-9H2,1-5H3. The van der Waals surface area contributed by atoms with E-state index in [4.69, 9.17) is 11.6 Å². The molecule has 0 spiro atoms. The van der Waals surface area contributed by atoms with Crippen molar-refractivity contribution in [3.05, 3.63) is 28.8 Å². The summed E-state index contributed by atoms with van der Waals surface area (Å²) in [6.07, 6.45) is 0. The maximum absolute atomic E-state index is 12.4. The van der Waals surface area contributed by atoms with Crippen LogP contribution >= 0.6 is 11.6 Å². The van der Waals surface area contributed by atoms with Crippen LogP contribution in [-0.4, -0.2) is 43.5 Å². The van der Waals surface area contributed by atoms with E-state index < -0.39 is 5.54 Å². The van der Waals surface area contributed by atoms with Crippen LogP contribution in [0.1, 0.15) is 32.4 Å². The Hall–Kier alpha value is -1.26. The van der Waals surface area contributed by atoms with Crippen LogP contribution in [0.25, 0.3) is 0 Å². The molecule has 1 amide bonds. The number of carbonyl (C=O) groups is 1. The summed E-state index contributed by atoms with van der Waals surface area (Å²) in [6.45, 7) is 7.54. The number of benzene rings is 1. The van der Waals surface area contributed by atoms with Crippen molar-refractivity contribution in [1.29, 1.82) is 0 Å². The van der Waals surface area contributed by atoms with E-state index in [-0.39, 0.29) is 11.9 Å². The molecule has 1 aromatic carbocycles. The van der Waals surface area contributed by atoms with E-state index in [0.717, 1.165) is 29.4 Å². The van der Waals surface area contributed by atoms with Crippen LogP contribution in [0.5, 0.6) is 0 Å². The Morgan fingerprint density at radius 1 is 1.33 bits per heavy atom. The van der Waals surface area contributed by atoms with E-state index in [1.165, 1.54) is 0 Å². The number of nitrogens with zero attached hydrogens (tertiary/aromatic N) is 2. The van der Waals surface area contributed by atoms with Crippen LogP contribution in [0, 0.1) is 0 Å². The van der Waals surface area contributed by atoms with Gasteiger partial charge in [0, 0.05) is 36.9 Å². The van der Waals surface area contributed by atoms with Gasteiger partial charge in [-0.1, -0.05) is 17.7 Å². The summed E-state index contributed by atoms with van der Waals surface area (Å²) in [5.41, 5.74) is 1.52. The van der Waals surface area contributed by atoms with E-state index in [1.807, 2.05) is 40.1 Å². The molecular weight excluding hydrogens is 286 g/mol. The highest BCUT2D eigenvalue weighted by Gasteiger charge is 2.40. The van der Waals surface area contributed by atoms with Crippen molar-refractivity contribution < 1.29 is 4.79 Å². The Bertz CT molecular complexity index is 544. The zero-order valence-corrected chi connectivity index (χ0v) is 14.2. The van der Waals surface area contributed by atoms with E-state index in [1.54, 1.807) is 4.90 Å². The molecule has 0 aliphatic carbocycles. The molecule has 1 aliphatic heterocycles. The van der Waals surface area contributed by atoms with Crippen LogP contribution in [0.4, 0.5) is 5.69 Å². The van der Waals surface area contributed by atoms with E-state index in [9.17, 15) is 4.79 Å². The maximum atomic E-state index is 12.4. The largest absolute Gasteiger partial charge is 0.356 e. The topological polar surface area (TPSA) is 35.6 Å². The second-order valence-corrected chi connectivity index (χ2v) is 6.56. The number of carbonyl (C=O) groups excluding carboxylic acids is 1. The molecule has 2 rings (SSSR count). The van der Waals surface area contributed by atoms with E-state index in [0.29, 0.717) is 0 Å². The number of nitrogens with one attached hydrogen (secondary N) is 1. The Kier molecular flexibility index (Phi) is 4.49. The van der Waals surface area contributed by atoms with Gasteiger partial charge >= 0.3 is 0 Å². The van der Waals surface area contributed by atoms with Gasteiger partial charge in [0.05, 0.1) is 0 Å². The first-order valence-electron chi connectivity index (χ1n) is 7.29. The highest BCUT2D eigenvalue weighted by molar-refractivity contribution is 6.31. The van der Waals surface area contributed by atoms with Crippen molar-refractivity contribution in [2.75, 3.05) is 32.1 Å². The first-order chi connectivity index (χ1) is 9.78. The molecule has 0 aromatic heterocycles. The van der Waals surface area contributed by atoms with Gasteiger partial charge in [-0.05, 0) is 45.5 Å². The van der Waals surface area contributed by atoms with Crippen LogP contribution in [-0.2, 0) is 4.79 Å². The van der Waals surface area contributed by atoms with Gasteiger partial charge in [-0.25, -0.2) is 0 Å². The van der Waals surface area contributed by atoms with E-state index >= 15 is 0 Å². The lowest BCUT2D eigenvalue weighted by molar-refractivity contribution is -0.136. The molecule has 116 valence electrons. The molecule has 1 heterocycles. The first kappa shape index (κ1) is 16.1. The molecule has 1 saturated heterocycles. The fourth-order valence-corrected chi connectivity index (χ4v) is 3.19. The second-order valence-electron chi connectivity index (χ2n) is 6.15. The number of anilines is 1. The summed E-state index contributed by atoms with van der Waals surface area (Å²) in [7, 11) is 3.77. The number of halogens is 1. The molecule has 21 heavy (non-hydrogen) atoms. The molecule has 1 fully saturated rings. The van der Waals surface area contributed by atoms with Gasteiger partial charge < -0.3 is 15.1 Å². The monoisotopic (exact) mass is 309 g/mol. The number of likely N-dealkylation sites (N-methyl/N-ethyl adjacent to an activating group) is 1. The van der Waals surface area contributed by atoms with Crippen LogP contribution in [0.2, 0.25) is 5.02 Å². The minimum Gasteiger partial charge on any atom is -0.356 e. The number of amides is 1. The van der Waals surface area contributed by atoms with Crippen molar-refractivity contribution in [3.63, 3.8) is 0 Å². The molecule has 1 unspecified atom stereocenters. The van der Waals surface area contributed by atoms with Crippen molar-refractivity contribution in [2.45, 2.75) is 32.4 Å². The third-order valence-electron chi connectivity index (χ3n) is 4.40. The van der Waals surface area contributed by atoms with Gasteiger partial charge in [0.15, 0.2) is 0 Å². The molecule has 1 atom stereocenters. The van der Waals surface area contributed by atoms with Gasteiger partial charge in [-0.2, -0.15) is 0 Å². The Morgan fingerprint density at radius 3 is 2.57 bits per heavy atom. The summed E-state index contributed by atoms with van der Waals surface area (Å²) in [5, 5.41) is 3.92. The summed E-state index contributed by atoms with van der Waals surface area (Å²) >= 11 is 6.42. The number of rotatable bonds is 3. The van der Waals surface area contributed by atoms with Gasteiger partial charge in [-0.15, -0.1) is 0 Å². The van der Waals surface area contributed by atoms with Crippen LogP contribution < -0.4 is 10.2 Å². The van der Waals surface area contributed by atoms with Crippen molar-refractivity contribution in [3.8, 4) is 0 Å². The Morgan fingerprint density at radius 2 is 2.00 bits per heavy atom. The van der Waals surface area contributed by atoms with Gasteiger partial charge in [-0.3, -0.25) is 4.79 Å². The summed E-state index contributed by atoms with van der Waals surface area (Å²) < 4.78 is 0. The zero-order valence-electron chi connectivity index (χ0n) is 13.4. The molecule has 1 N–H and O–H groups in total. The summed E-state index contributed by atoms with van der Waals surface area (Å²) in [5.74, 6) is 0.137. The maximum Gasteiger partial charge on any atom is 0.247 e. The number of hydrogen-bond donors (Lipinski definition) is 1. The molecule has 4 nitrogen and oxygen atoms in total. The first-order valence-corrected chi connectivity index (χ1v) is 7.66. The predicted molar refractivity (Wildman–Crippen MR) is 88.0 cm³/mol. The molecule has 5 heteroatoms. The average Bonchev–Trinajstić information content (AvgIpc) is 2.44. The third-order valence-corrected chi connectivity index (χ3v) is 4.73. The fraction of sp³-hybridized carbons (Fsp3) is 0.562. The minimum absolute atomic E-state index is 0.137. The SMILES string of the molecule is CNC(C)c1ccc(N2CCN(C)C(=O)C2(C)C)cc1Cl. The molecular formula is C16H24ClN3O. The van der Waals surface area contributed by atoms with Crippen molar-refractivity contribution >= 4 is 23.2 Å². The summed E-state index contributed by atoms with van der Waals surface area (Å²) in [4.78, 5) is 16.3. The highest BCUT2D eigenvalue weighted by Crippen LogP contribution is 2.33. The van der Waals surface area contributed by atoms with Gasteiger partial charge in [0.25, 0.3) is 0 Å². The lowest BCUT2D eigenvalue weighted by Crippen LogP contribution is -2.62. The van der Waals surface area contributed by atoms with Crippen molar-refractivity contribution in [2.24, 2.45) is 0 Å². The highest BCUT2D eigenvalue weighted by atomic mass is 35.5. The predicted octanol–water partition coefficient (Wildman–Crippen LogP) is 2.68. The van der Waals surface area contributed by atoms with E-state index in [2.05, 4.69) is 23.2 Å². The quantitative estimate of drug-likeness (QED) is 0.932. The lowest BCUT2D eigenvalue weighted by Gasteiger charge is -2.46. The smallest absolute Gasteiger partial charge is 0.247 e. The minimum atomic E-state index is -0.549. The molecule has 1 aromatic rings. The zero-order chi connectivity index (χ0) is 15.8. The Balaban J connectivity index is 2.34. The summed E-state index contributed by atoms with van der Waals surface area (Å²) in [6, 6.07) is 6.26. The molecule has 0 radical (unpaired) electrons. The number of hydrogen-bond acceptors (Lipinski definition) is 3. The average molecular weight is 310 g/mol. The number of piperazine rings is 1. The lowest BCUT2D eigenvalue weighted by atomic mass is 9.96. The molecule has 1 aliphatic rings. The second kappa shape index (κ2) is 5.85. The van der Waals surface area contributed by atoms with Crippen molar-refractivity contribution in [1.82, 2.24) is 10.2 Å². The van der Waals surface area contributed by atoms with Gasteiger partial charge in [0.2, 0.25) is 5.91 Å². The third kappa shape index (κ3) is 2.87. The van der Waals surface area contributed by atoms with Crippen LogP contribution in [0.15, 0.2) is 18.2 Å².